The van der Waals surface area contributed by atoms with E-state index in [0.717, 1.165) is 25.2 Å². The highest BCUT2D eigenvalue weighted by molar-refractivity contribution is 6.03. The van der Waals surface area contributed by atoms with E-state index in [1.54, 1.807) is 4.40 Å². The number of rotatable bonds is 4. The molecule has 24 heavy (non-hydrogen) atoms. The Bertz CT molecular complexity index is 866. The van der Waals surface area contributed by atoms with Crippen molar-refractivity contribution in [2.75, 3.05) is 18.4 Å². The van der Waals surface area contributed by atoms with E-state index in [9.17, 15) is 4.79 Å². The lowest BCUT2D eigenvalue weighted by Gasteiger charge is -2.15. The molecule has 1 saturated heterocycles. The van der Waals surface area contributed by atoms with Crippen molar-refractivity contribution in [1.29, 1.82) is 0 Å². The van der Waals surface area contributed by atoms with Gasteiger partial charge in [0, 0.05) is 18.3 Å². The van der Waals surface area contributed by atoms with Crippen LogP contribution in [0.1, 0.15) is 28.8 Å². The van der Waals surface area contributed by atoms with Gasteiger partial charge in [0.1, 0.15) is 0 Å². The topological polar surface area (TPSA) is 62.5 Å². The van der Waals surface area contributed by atoms with Gasteiger partial charge in [-0.25, -0.2) is 0 Å². The van der Waals surface area contributed by atoms with Gasteiger partial charge in [-0.3, -0.25) is 19.4 Å². The lowest BCUT2D eigenvalue weighted by atomic mass is 10.1. The van der Waals surface area contributed by atoms with Crippen molar-refractivity contribution in [3.8, 4) is 0 Å². The molecule has 3 heterocycles. The number of hydrogen-bond acceptors (Lipinski definition) is 4. The molecule has 0 atom stereocenters. The van der Waals surface area contributed by atoms with Crippen molar-refractivity contribution < 1.29 is 4.79 Å². The number of nitrogens with zero attached hydrogens (tertiary/aromatic N) is 4. The van der Waals surface area contributed by atoms with Crippen LogP contribution in [0.2, 0.25) is 0 Å². The van der Waals surface area contributed by atoms with E-state index in [4.69, 9.17) is 0 Å². The van der Waals surface area contributed by atoms with Crippen molar-refractivity contribution in [3.05, 3.63) is 59.8 Å². The fraction of sp³-hybridized carbons (Fsp3) is 0.278. The lowest BCUT2D eigenvalue weighted by Crippen LogP contribution is -2.19. The molecule has 1 aliphatic rings. The molecular formula is C18H19N5O. The summed E-state index contributed by atoms with van der Waals surface area (Å²) in [5.41, 5.74) is 2.51. The molecule has 1 amide bonds. The maximum absolute atomic E-state index is 12.5. The summed E-state index contributed by atoms with van der Waals surface area (Å²) >= 11 is 0. The van der Waals surface area contributed by atoms with Crippen molar-refractivity contribution in [1.82, 2.24) is 19.5 Å². The Morgan fingerprint density at radius 2 is 1.96 bits per heavy atom. The Balaban J connectivity index is 1.51. The van der Waals surface area contributed by atoms with Crippen LogP contribution < -0.4 is 5.32 Å². The third kappa shape index (κ3) is 3.00. The van der Waals surface area contributed by atoms with Crippen LogP contribution in [0.15, 0.2) is 48.7 Å². The molecule has 1 aromatic carbocycles. The van der Waals surface area contributed by atoms with Gasteiger partial charge < -0.3 is 0 Å². The van der Waals surface area contributed by atoms with Gasteiger partial charge in [0.2, 0.25) is 5.95 Å². The molecule has 0 radical (unpaired) electrons. The van der Waals surface area contributed by atoms with Crippen LogP contribution in [0.25, 0.3) is 5.65 Å². The first-order valence-corrected chi connectivity index (χ1v) is 8.22. The standard InChI is InChI=1S/C18H19N5O/c24-17(19-18-21-20-16-8-1-2-11-23(16)18)15-7-5-6-14(12-15)13-22-9-3-4-10-22/h1-2,5-8,11-12H,3-4,9-10,13H2,(H,19,21,24). The molecule has 0 saturated carbocycles. The molecule has 0 aliphatic carbocycles. The van der Waals surface area contributed by atoms with Crippen molar-refractivity contribution in [2.24, 2.45) is 0 Å². The maximum Gasteiger partial charge on any atom is 0.258 e. The second-order valence-corrected chi connectivity index (χ2v) is 6.09. The minimum absolute atomic E-state index is 0.170. The molecule has 0 unspecified atom stereocenters. The van der Waals surface area contributed by atoms with Crippen molar-refractivity contribution >= 4 is 17.5 Å². The fourth-order valence-electron chi connectivity index (χ4n) is 3.11. The van der Waals surface area contributed by atoms with Gasteiger partial charge in [-0.1, -0.05) is 18.2 Å². The number of carbonyl (C=O) groups excluding carboxylic acids is 1. The summed E-state index contributed by atoms with van der Waals surface area (Å²) in [7, 11) is 0. The summed E-state index contributed by atoms with van der Waals surface area (Å²) in [5.74, 6) is 0.261. The van der Waals surface area contributed by atoms with E-state index in [2.05, 4.69) is 26.5 Å². The Labute approximate surface area is 140 Å². The number of pyridine rings is 1. The Morgan fingerprint density at radius 1 is 1.08 bits per heavy atom. The fourth-order valence-corrected chi connectivity index (χ4v) is 3.11. The second-order valence-electron chi connectivity index (χ2n) is 6.09. The molecule has 0 bridgehead atoms. The molecule has 2 aromatic heterocycles. The number of aromatic nitrogens is 3. The van der Waals surface area contributed by atoms with Gasteiger partial charge in [-0.15, -0.1) is 10.2 Å². The second kappa shape index (κ2) is 6.41. The number of nitrogens with one attached hydrogen (secondary N) is 1. The van der Waals surface area contributed by atoms with Gasteiger partial charge >= 0.3 is 0 Å². The van der Waals surface area contributed by atoms with Crippen LogP contribution in [0.4, 0.5) is 5.95 Å². The molecular weight excluding hydrogens is 302 g/mol. The van der Waals surface area contributed by atoms with Gasteiger partial charge in [-0.05, 0) is 55.8 Å². The third-order valence-electron chi connectivity index (χ3n) is 4.33. The first-order chi connectivity index (χ1) is 11.8. The van der Waals surface area contributed by atoms with Crippen molar-refractivity contribution in [3.63, 3.8) is 0 Å². The quantitative estimate of drug-likeness (QED) is 0.802. The highest BCUT2D eigenvalue weighted by Gasteiger charge is 2.14. The first kappa shape index (κ1) is 14.8. The van der Waals surface area contributed by atoms with Crippen LogP contribution in [0, 0.1) is 0 Å². The van der Waals surface area contributed by atoms with Gasteiger partial charge in [-0.2, -0.15) is 0 Å². The smallest absolute Gasteiger partial charge is 0.258 e. The molecule has 1 aliphatic heterocycles. The molecule has 6 nitrogen and oxygen atoms in total. The molecule has 122 valence electrons. The number of carbonyl (C=O) groups is 1. The molecule has 0 spiro atoms. The monoisotopic (exact) mass is 321 g/mol. The Kier molecular flexibility index (Phi) is 3.96. The minimum Gasteiger partial charge on any atom is -0.299 e. The normalized spacial score (nSPS) is 15.0. The summed E-state index contributed by atoms with van der Waals surface area (Å²) in [6.45, 7) is 3.18. The summed E-state index contributed by atoms with van der Waals surface area (Å²) in [5, 5.41) is 10.9. The van der Waals surface area contributed by atoms with Crippen LogP contribution in [-0.4, -0.2) is 38.5 Å². The molecule has 4 rings (SSSR count). The average molecular weight is 321 g/mol. The molecule has 3 aromatic rings. The van der Waals surface area contributed by atoms with E-state index in [-0.39, 0.29) is 5.91 Å². The number of amides is 1. The van der Waals surface area contributed by atoms with Gasteiger partial charge in [0.05, 0.1) is 0 Å². The number of hydrogen-bond donors (Lipinski definition) is 1. The van der Waals surface area contributed by atoms with E-state index < -0.39 is 0 Å². The lowest BCUT2D eigenvalue weighted by molar-refractivity contribution is 0.102. The molecule has 6 heteroatoms. The summed E-state index contributed by atoms with van der Waals surface area (Å²) in [4.78, 5) is 15.0. The zero-order valence-corrected chi connectivity index (χ0v) is 13.4. The first-order valence-electron chi connectivity index (χ1n) is 8.22. The zero-order valence-electron chi connectivity index (χ0n) is 13.4. The average Bonchev–Trinajstić information content (AvgIpc) is 3.25. The van der Waals surface area contributed by atoms with Crippen LogP contribution >= 0.6 is 0 Å². The van der Waals surface area contributed by atoms with E-state index in [1.807, 2.05) is 42.6 Å². The summed E-state index contributed by atoms with van der Waals surface area (Å²) in [6, 6.07) is 13.4. The number of anilines is 1. The van der Waals surface area contributed by atoms with Gasteiger partial charge in [0.15, 0.2) is 5.65 Å². The molecule has 1 N–H and O–H groups in total. The number of likely N-dealkylation sites (tertiary alicyclic amines) is 1. The zero-order chi connectivity index (χ0) is 16.4. The minimum atomic E-state index is -0.170. The van der Waals surface area contributed by atoms with Crippen LogP contribution in [0.5, 0.6) is 0 Å². The molecule has 1 fully saturated rings. The van der Waals surface area contributed by atoms with Crippen molar-refractivity contribution in [2.45, 2.75) is 19.4 Å². The maximum atomic E-state index is 12.5. The van der Waals surface area contributed by atoms with E-state index in [0.29, 0.717) is 17.2 Å². The SMILES string of the molecule is O=C(Nc1nnc2ccccn12)c1cccc(CN2CCCC2)c1. The largest absolute Gasteiger partial charge is 0.299 e. The number of fused-ring (bicyclic) bond motifs is 1. The Morgan fingerprint density at radius 3 is 2.83 bits per heavy atom. The summed E-state index contributed by atoms with van der Waals surface area (Å²) in [6.07, 6.45) is 4.36. The van der Waals surface area contributed by atoms with Gasteiger partial charge in [0.25, 0.3) is 5.91 Å². The Hall–Kier alpha value is -2.73. The van der Waals surface area contributed by atoms with Crippen LogP contribution in [-0.2, 0) is 6.54 Å². The predicted octanol–water partition coefficient (Wildman–Crippen LogP) is 2.58. The third-order valence-corrected chi connectivity index (χ3v) is 4.33. The number of benzene rings is 1. The summed E-state index contributed by atoms with van der Waals surface area (Å²) < 4.78 is 1.76. The highest BCUT2D eigenvalue weighted by Crippen LogP contribution is 2.15. The van der Waals surface area contributed by atoms with E-state index in [1.165, 1.54) is 12.8 Å². The van der Waals surface area contributed by atoms with E-state index >= 15 is 0 Å². The highest BCUT2D eigenvalue weighted by atomic mass is 16.1. The predicted molar refractivity (Wildman–Crippen MR) is 91.9 cm³/mol. The van der Waals surface area contributed by atoms with Crippen LogP contribution in [0.3, 0.4) is 0 Å².